The van der Waals surface area contributed by atoms with Gasteiger partial charge < -0.3 is 59.3 Å². The molecular formula is C33H44N14O10S. The second kappa shape index (κ2) is 22.5. The number of aromatic nitrogens is 4. The van der Waals surface area contributed by atoms with Crippen molar-refractivity contribution in [3.05, 3.63) is 52.1 Å². The molecule has 312 valence electrons. The normalized spacial score (nSPS) is 12.2. The summed E-state index contributed by atoms with van der Waals surface area (Å²) in [5, 5.41) is 33.4. The Morgan fingerprint density at radius 3 is 2.22 bits per heavy atom. The van der Waals surface area contributed by atoms with E-state index in [1.165, 1.54) is 6.20 Å². The lowest BCUT2D eigenvalue weighted by atomic mass is 10.1. The van der Waals surface area contributed by atoms with Gasteiger partial charge in [-0.25, -0.2) is 14.8 Å². The van der Waals surface area contributed by atoms with E-state index >= 15 is 0 Å². The zero-order chi connectivity index (χ0) is 42.8. The summed E-state index contributed by atoms with van der Waals surface area (Å²) in [6.07, 6.45) is 0.785. The Bertz CT molecular complexity index is 2060. The quantitative estimate of drug-likeness (QED) is 0.0191. The molecule has 0 bridgehead atoms. The summed E-state index contributed by atoms with van der Waals surface area (Å²) in [6, 6.07) is 1.98. The van der Waals surface area contributed by atoms with E-state index in [1.54, 1.807) is 24.3 Å². The van der Waals surface area contributed by atoms with Crippen LogP contribution in [0.25, 0.3) is 11.2 Å². The van der Waals surface area contributed by atoms with E-state index < -0.39 is 78.1 Å². The molecule has 0 saturated heterocycles. The molecule has 2 aromatic heterocycles. The molecule has 25 heteroatoms. The van der Waals surface area contributed by atoms with Gasteiger partial charge in [0.25, 0.3) is 11.5 Å². The fourth-order valence-corrected chi connectivity index (χ4v) is 5.19. The number of thiol groups is 1. The van der Waals surface area contributed by atoms with Crippen molar-refractivity contribution < 1.29 is 43.8 Å². The average molecular weight is 829 g/mol. The predicted molar refractivity (Wildman–Crippen MR) is 210 cm³/mol. The number of carboxylic acid groups (broad SMARTS) is 2. The Hall–Kier alpha value is -7.05. The molecule has 0 aliphatic rings. The third kappa shape index (κ3) is 15.2. The Kier molecular flexibility index (Phi) is 17.6. The first-order valence-corrected chi connectivity index (χ1v) is 18.1. The maximum atomic E-state index is 13.2. The molecule has 2 heterocycles. The van der Waals surface area contributed by atoms with Crippen molar-refractivity contribution in [1.82, 2.24) is 46.5 Å². The van der Waals surface area contributed by atoms with Gasteiger partial charge in [-0.15, -0.1) is 0 Å². The van der Waals surface area contributed by atoms with E-state index in [9.17, 15) is 48.6 Å². The molecule has 24 nitrogen and oxygen atoms in total. The van der Waals surface area contributed by atoms with Gasteiger partial charge in [0.2, 0.25) is 29.6 Å². The molecule has 0 unspecified atom stereocenters. The summed E-state index contributed by atoms with van der Waals surface area (Å²) in [5.41, 5.74) is 17.3. The van der Waals surface area contributed by atoms with E-state index in [-0.39, 0.29) is 74.1 Å². The number of aliphatic carboxylic acids is 2. The summed E-state index contributed by atoms with van der Waals surface area (Å²) in [4.78, 5) is 117. The van der Waals surface area contributed by atoms with Crippen LogP contribution in [0.15, 0.2) is 40.2 Å². The molecule has 0 spiro atoms. The molecule has 58 heavy (non-hydrogen) atoms. The van der Waals surface area contributed by atoms with Crippen molar-refractivity contribution in [1.29, 1.82) is 0 Å². The van der Waals surface area contributed by atoms with Gasteiger partial charge in [-0.05, 0) is 43.5 Å². The van der Waals surface area contributed by atoms with Gasteiger partial charge in [-0.3, -0.25) is 43.5 Å². The minimum absolute atomic E-state index is 0.0453. The van der Waals surface area contributed by atoms with Crippen LogP contribution in [0.3, 0.4) is 0 Å². The van der Waals surface area contributed by atoms with Crippen LogP contribution in [-0.2, 0) is 35.3 Å². The van der Waals surface area contributed by atoms with Gasteiger partial charge in [0.1, 0.15) is 18.1 Å². The Balaban J connectivity index is 1.45. The molecule has 1 aromatic carbocycles. The number of carbonyl (C=O) groups excluding carboxylic acids is 5. The van der Waals surface area contributed by atoms with Gasteiger partial charge in [-0.1, -0.05) is 0 Å². The Morgan fingerprint density at radius 1 is 0.879 bits per heavy atom. The minimum atomic E-state index is -1.71. The number of hydrogen-bond acceptors (Lipinski definition) is 15. The highest BCUT2D eigenvalue weighted by Crippen LogP contribution is 2.12. The molecule has 0 fully saturated rings. The molecule has 3 rings (SSSR count). The number of fused-ring (bicyclic) bond motifs is 1. The number of guanidine groups is 1. The maximum absolute atomic E-state index is 13.2. The van der Waals surface area contributed by atoms with Crippen molar-refractivity contribution in [2.24, 2.45) is 16.5 Å². The number of anilines is 2. The van der Waals surface area contributed by atoms with E-state index in [2.05, 4.69) is 69.5 Å². The number of aliphatic imine (C=N–C) groups is 1. The van der Waals surface area contributed by atoms with Crippen molar-refractivity contribution in [2.45, 2.75) is 56.8 Å². The first kappa shape index (κ1) is 45.3. The largest absolute Gasteiger partial charge is 0.481 e. The number of nitrogen functional groups attached to an aromatic ring is 1. The number of H-pyrrole nitrogens is 1. The highest BCUT2D eigenvalue weighted by molar-refractivity contribution is 7.80. The van der Waals surface area contributed by atoms with Crippen LogP contribution in [0.1, 0.15) is 48.2 Å². The number of carbonyl (C=O) groups is 7. The maximum Gasteiger partial charge on any atom is 0.327 e. The monoisotopic (exact) mass is 828 g/mol. The molecular weight excluding hydrogens is 785 g/mol. The van der Waals surface area contributed by atoms with E-state index in [4.69, 9.17) is 17.2 Å². The lowest BCUT2D eigenvalue weighted by molar-refractivity contribution is -0.143. The molecule has 3 atom stereocenters. The standard InChI is InChI=1S/C33H44N14O10S/c34-32(35)38-10-1-3-19(28(53)44-20(11-24(50)51)29(54)45-21(15-58)31(56)57)43-23(49)14-40-22(48)4-2-9-37-27(52)16-5-7-17(8-6-16)39-12-18-13-41-26-25(42-18)30(55)47-33(36)46-26/h5-8,13,19-21,39,58H,1-4,9-12,14-15H2,(H,37,52)(H,40,48)(H,43,49)(H,44,53)(H,45,54)(H,50,51)(H,56,57)(H4,34,35,38)(H3,36,41,46,47,55)/t19-,20-,21-/m0/s1. The molecule has 3 aromatic rings. The van der Waals surface area contributed by atoms with Crippen LogP contribution in [0.5, 0.6) is 0 Å². The fourth-order valence-electron chi connectivity index (χ4n) is 4.94. The van der Waals surface area contributed by atoms with Gasteiger partial charge in [0.15, 0.2) is 17.1 Å². The summed E-state index contributed by atoms with van der Waals surface area (Å²) in [5.74, 6) is -7.32. The number of nitrogens with one attached hydrogen (secondary N) is 7. The van der Waals surface area contributed by atoms with Gasteiger partial charge in [0.05, 0.1) is 31.4 Å². The van der Waals surface area contributed by atoms with Crippen LogP contribution in [-0.4, -0.2) is 121 Å². The molecule has 0 aliphatic carbocycles. The molecule has 0 saturated carbocycles. The van der Waals surface area contributed by atoms with Crippen LogP contribution >= 0.6 is 12.6 Å². The van der Waals surface area contributed by atoms with E-state index in [1.807, 2.05) is 0 Å². The second-order valence-electron chi connectivity index (χ2n) is 12.4. The number of amides is 5. The highest BCUT2D eigenvalue weighted by atomic mass is 32.1. The zero-order valence-electron chi connectivity index (χ0n) is 30.8. The van der Waals surface area contributed by atoms with Gasteiger partial charge in [0, 0.05) is 36.5 Å². The van der Waals surface area contributed by atoms with E-state index in [0.717, 1.165) is 0 Å². The molecule has 0 aliphatic heterocycles. The molecule has 15 N–H and O–H groups in total. The summed E-state index contributed by atoms with van der Waals surface area (Å²) in [6.45, 7) is -0.142. The van der Waals surface area contributed by atoms with Gasteiger partial charge in [-0.2, -0.15) is 17.6 Å². The van der Waals surface area contributed by atoms with Crippen molar-refractivity contribution in [3.63, 3.8) is 0 Å². The lowest BCUT2D eigenvalue weighted by Gasteiger charge is -2.23. The number of nitrogens with two attached hydrogens (primary N) is 3. The number of nitrogens with zero attached hydrogens (tertiary/aromatic N) is 4. The topological polar surface area (TPSA) is 394 Å². The van der Waals surface area contributed by atoms with Crippen molar-refractivity contribution in [2.75, 3.05) is 36.4 Å². The Labute approximate surface area is 334 Å². The number of rotatable bonds is 23. The van der Waals surface area contributed by atoms with Crippen LogP contribution in [0.2, 0.25) is 0 Å². The second-order valence-corrected chi connectivity index (χ2v) is 12.7. The van der Waals surface area contributed by atoms with Crippen LogP contribution in [0.4, 0.5) is 11.6 Å². The third-order valence-electron chi connectivity index (χ3n) is 7.82. The molecule has 5 amide bonds. The van der Waals surface area contributed by atoms with E-state index in [0.29, 0.717) is 16.9 Å². The first-order valence-electron chi connectivity index (χ1n) is 17.5. The summed E-state index contributed by atoms with van der Waals surface area (Å²) in [7, 11) is 0. The minimum Gasteiger partial charge on any atom is -0.481 e. The lowest BCUT2D eigenvalue weighted by Crippen LogP contribution is -2.57. The van der Waals surface area contributed by atoms with Crippen molar-refractivity contribution >= 4 is 82.9 Å². The SMILES string of the molecule is NC(N)=NCCC[C@H](NC(=O)CNC(=O)CCCNC(=O)c1ccc(NCc2cnc3nc(N)[nH]c(=O)c3n2)cc1)C(=O)N[C@@H](CC(=O)O)C(=O)N[C@@H](CS)C(=O)O. The Morgan fingerprint density at radius 2 is 1.57 bits per heavy atom. The van der Waals surface area contributed by atoms with Crippen LogP contribution < -0.4 is 54.7 Å². The fraction of sp³-hybridized carbons (Fsp3) is 0.394. The number of aromatic amines is 1. The number of benzene rings is 1. The zero-order valence-corrected chi connectivity index (χ0v) is 31.7. The van der Waals surface area contributed by atoms with Crippen molar-refractivity contribution in [3.8, 4) is 0 Å². The summed E-state index contributed by atoms with van der Waals surface area (Å²) < 4.78 is 0. The average Bonchev–Trinajstić information content (AvgIpc) is 3.17. The summed E-state index contributed by atoms with van der Waals surface area (Å²) >= 11 is 3.84. The molecule has 0 radical (unpaired) electrons. The van der Waals surface area contributed by atoms with Crippen LogP contribution in [0, 0.1) is 0 Å². The number of carboxylic acids is 2. The predicted octanol–water partition coefficient (Wildman–Crippen LogP) is -3.47. The third-order valence-corrected chi connectivity index (χ3v) is 8.19. The highest BCUT2D eigenvalue weighted by Gasteiger charge is 2.30. The number of hydrogen-bond donors (Lipinski definition) is 13. The van der Waals surface area contributed by atoms with Gasteiger partial charge >= 0.3 is 11.9 Å². The first-order chi connectivity index (χ1) is 27.6. The smallest absolute Gasteiger partial charge is 0.327 e.